The van der Waals surface area contributed by atoms with Crippen molar-refractivity contribution in [2.45, 2.75) is 12.1 Å². The fraction of sp³-hybridized carbons (Fsp3) is 0.280. The van der Waals surface area contributed by atoms with Crippen LogP contribution in [0.3, 0.4) is 0 Å². The maximum Gasteiger partial charge on any atom is 0.240 e. The van der Waals surface area contributed by atoms with Gasteiger partial charge in [-0.2, -0.15) is 5.10 Å². The van der Waals surface area contributed by atoms with Gasteiger partial charge in [0.25, 0.3) is 0 Å². The zero-order valence-electron chi connectivity index (χ0n) is 18.3. The number of imide groups is 1. The molecule has 0 aromatic heterocycles. The molecule has 4 aliphatic heterocycles. The summed E-state index contributed by atoms with van der Waals surface area (Å²) in [5, 5.41) is 5.97. The summed E-state index contributed by atoms with van der Waals surface area (Å²) in [5.41, 5.74) is 0.826. The number of ketones is 1. The van der Waals surface area contributed by atoms with E-state index >= 15 is 0 Å². The Hall–Kier alpha value is -4.14. The van der Waals surface area contributed by atoms with E-state index in [1.54, 1.807) is 66.9 Å². The first-order valence-corrected chi connectivity index (χ1v) is 11.0. The van der Waals surface area contributed by atoms with Gasteiger partial charge in [-0.05, 0) is 42.5 Å². The van der Waals surface area contributed by atoms with Crippen LogP contribution < -0.4 is 19.1 Å². The van der Waals surface area contributed by atoms with Crippen LogP contribution in [-0.2, 0) is 9.59 Å². The van der Waals surface area contributed by atoms with Gasteiger partial charge in [-0.25, -0.2) is 4.90 Å². The Morgan fingerprint density at radius 2 is 1.74 bits per heavy atom. The molecule has 2 aromatic carbocycles. The Morgan fingerprint density at radius 1 is 1.00 bits per heavy atom. The number of hydrogen-bond donors (Lipinski definition) is 0. The predicted molar refractivity (Wildman–Crippen MR) is 121 cm³/mol. The number of rotatable bonds is 4. The second-order valence-electron chi connectivity index (χ2n) is 8.45. The lowest BCUT2D eigenvalue weighted by molar-refractivity contribution is -0.123. The van der Waals surface area contributed by atoms with E-state index in [9.17, 15) is 14.4 Å². The molecule has 4 heterocycles. The lowest BCUT2D eigenvalue weighted by Gasteiger charge is -2.30. The van der Waals surface area contributed by atoms with E-state index < -0.39 is 29.8 Å². The third-order valence-electron chi connectivity index (χ3n) is 6.72. The van der Waals surface area contributed by atoms with E-state index in [2.05, 4.69) is 5.10 Å². The second-order valence-corrected chi connectivity index (χ2v) is 8.45. The first kappa shape index (κ1) is 20.5. The number of allylic oxidation sites excluding steroid dienone is 1. The normalized spacial score (nSPS) is 26.5. The number of Topliss-reactive ketones (excluding diaryl/α,β-unsaturated/α-hetero) is 1. The summed E-state index contributed by atoms with van der Waals surface area (Å²) in [6.07, 6.45) is 5.13. The summed E-state index contributed by atoms with van der Waals surface area (Å²) >= 11 is 0. The number of hydrazone groups is 1. The molecule has 6 rings (SSSR count). The van der Waals surface area contributed by atoms with Crippen molar-refractivity contribution in [2.24, 2.45) is 16.9 Å². The lowest BCUT2D eigenvalue weighted by atomic mass is 9.86. The van der Waals surface area contributed by atoms with E-state index in [1.807, 2.05) is 6.08 Å². The summed E-state index contributed by atoms with van der Waals surface area (Å²) in [5.74, 6) is -0.951. The van der Waals surface area contributed by atoms with Crippen molar-refractivity contribution in [2.75, 3.05) is 25.2 Å². The zero-order chi connectivity index (χ0) is 23.4. The topological polar surface area (TPSA) is 97.7 Å². The summed E-state index contributed by atoms with van der Waals surface area (Å²) in [7, 11) is 1.55. The molecule has 0 bridgehead atoms. The maximum atomic E-state index is 13.7. The molecule has 172 valence electrons. The number of carbonyl (C=O) groups is 3. The van der Waals surface area contributed by atoms with E-state index in [4.69, 9.17) is 14.2 Å². The van der Waals surface area contributed by atoms with Crippen molar-refractivity contribution in [1.82, 2.24) is 5.01 Å². The van der Waals surface area contributed by atoms with Crippen molar-refractivity contribution < 1.29 is 28.6 Å². The third kappa shape index (κ3) is 2.93. The Balaban J connectivity index is 1.38. The highest BCUT2D eigenvalue weighted by Gasteiger charge is 2.64. The van der Waals surface area contributed by atoms with E-state index in [-0.39, 0.29) is 11.7 Å². The van der Waals surface area contributed by atoms with Crippen molar-refractivity contribution in [1.29, 1.82) is 0 Å². The van der Waals surface area contributed by atoms with Crippen LogP contribution in [0, 0.1) is 11.8 Å². The van der Waals surface area contributed by atoms with Crippen LogP contribution >= 0.6 is 0 Å². The van der Waals surface area contributed by atoms with Gasteiger partial charge in [-0.3, -0.25) is 19.4 Å². The standard InChI is InChI=1S/C25H21N3O6/c1-32-16-7-4-14(5-8-16)23(29)22-21-20(17-3-2-10-26-28(17)22)24(30)27(25(21)31)15-6-9-18-19(13-15)34-12-11-33-18/h2-10,13,17,20-22H,11-12H2,1H3/t17-,20-,21-,22+/m0/s1. The van der Waals surface area contributed by atoms with Crippen molar-refractivity contribution >= 4 is 29.5 Å². The highest BCUT2D eigenvalue weighted by Crippen LogP contribution is 2.47. The number of nitrogens with zero attached hydrogens (tertiary/aromatic N) is 3. The minimum Gasteiger partial charge on any atom is -0.497 e. The van der Waals surface area contributed by atoms with Crippen LogP contribution in [0.4, 0.5) is 5.69 Å². The molecule has 0 spiro atoms. The number of methoxy groups -OCH3 is 1. The van der Waals surface area contributed by atoms with Crippen LogP contribution in [0.25, 0.3) is 0 Å². The number of benzene rings is 2. The monoisotopic (exact) mass is 459 g/mol. The van der Waals surface area contributed by atoms with Gasteiger partial charge in [0, 0.05) is 17.8 Å². The second kappa shape index (κ2) is 7.72. The molecular weight excluding hydrogens is 438 g/mol. The van der Waals surface area contributed by atoms with Gasteiger partial charge in [-0.1, -0.05) is 6.08 Å². The number of carbonyl (C=O) groups excluding carboxylic acids is 3. The third-order valence-corrected chi connectivity index (χ3v) is 6.72. The number of ether oxygens (including phenoxy) is 3. The largest absolute Gasteiger partial charge is 0.497 e. The molecule has 0 aliphatic carbocycles. The zero-order valence-corrected chi connectivity index (χ0v) is 18.3. The quantitative estimate of drug-likeness (QED) is 0.510. The van der Waals surface area contributed by atoms with Gasteiger partial charge in [0.15, 0.2) is 17.3 Å². The van der Waals surface area contributed by atoms with Crippen molar-refractivity contribution in [3.63, 3.8) is 0 Å². The summed E-state index contributed by atoms with van der Waals surface area (Å²) < 4.78 is 16.4. The molecule has 2 saturated heterocycles. The smallest absolute Gasteiger partial charge is 0.240 e. The number of anilines is 1. The Bertz CT molecular complexity index is 1250. The molecule has 2 amide bonds. The van der Waals surface area contributed by atoms with E-state index in [1.165, 1.54) is 4.90 Å². The van der Waals surface area contributed by atoms with Crippen LogP contribution in [-0.4, -0.2) is 61.2 Å². The first-order chi connectivity index (χ1) is 16.6. The maximum absolute atomic E-state index is 13.7. The van der Waals surface area contributed by atoms with Crippen LogP contribution in [0.2, 0.25) is 0 Å². The Morgan fingerprint density at radius 3 is 2.50 bits per heavy atom. The van der Waals surface area contributed by atoms with Gasteiger partial charge >= 0.3 is 0 Å². The SMILES string of the molecule is COc1ccc(C(=O)[C@H]2[C@H]3C(=O)N(c4ccc5c(c4)OCCO5)C(=O)[C@H]3[C@@H]3C=CC=NN32)cc1. The molecule has 34 heavy (non-hydrogen) atoms. The molecule has 2 aromatic rings. The Labute approximate surface area is 195 Å². The fourth-order valence-electron chi connectivity index (χ4n) is 5.19. The number of amides is 2. The van der Waals surface area contributed by atoms with Crippen LogP contribution in [0.1, 0.15) is 10.4 Å². The molecule has 2 fully saturated rings. The lowest BCUT2D eigenvalue weighted by Crippen LogP contribution is -2.46. The molecule has 9 nitrogen and oxygen atoms in total. The summed E-state index contributed by atoms with van der Waals surface area (Å²) in [6.45, 7) is 0.833. The number of fused-ring (bicyclic) bond motifs is 4. The molecular formula is C25H21N3O6. The molecule has 0 unspecified atom stereocenters. The van der Waals surface area contributed by atoms with E-state index in [0.29, 0.717) is 41.7 Å². The van der Waals surface area contributed by atoms with Crippen molar-refractivity contribution in [3.8, 4) is 17.2 Å². The van der Waals surface area contributed by atoms with Gasteiger partial charge in [0.05, 0.1) is 30.7 Å². The van der Waals surface area contributed by atoms with E-state index in [0.717, 1.165) is 0 Å². The molecule has 4 atom stereocenters. The molecule has 0 radical (unpaired) electrons. The number of hydrogen-bond acceptors (Lipinski definition) is 8. The molecule has 0 N–H and O–H groups in total. The summed E-state index contributed by atoms with van der Waals surface area (Å²) in [4.78, 5) is 42.1. The minimum atomic E-state index is -0.900. The molecule has 0 saturated carbocycles. The van der Waals surface area contributed by atoms with Gasteiger partial charge in [0.1, 0.15) is 25.0 Å². The molecule has 4 aliphatic rings. The molecule has 9 heteroatoms. The average molecular weight is 459 g/mol. The van der Waals surface area contributed by atoms with Crippen molar-refractivity contribution in [3.05, 3.63) is 60.2 Å². The van der Waals surface area contributed by atoms with Crippen LogP contribution in [0.5, 0.6) is 17.2 Å². The predicted octanol–water partition coefficient (Wildman–Crippen LogP) is 2.06. The van der Waals surface area contributed by atoms with Gasteiger partial charge in [-0.15, -0.1) is 0 Å². The average Bonchev–Trinajstić information content (AvgIpc) is 3.35. The van der Waals surface area contributed by atoms with Gasteiger partial charge in [0.2, 0.25) is 11.8 Å². The highest BCUT2D eigenvalue weighted by atomic mass is 16.6. The van der Waals surface area contributed by atoms with Crippen LogP contribution in [0.15, 0.2) is 59.7 Å². The van der Waals surface area contributed by atoms with Gasteiger partial charge < -0.3 is 14.2 Å². The Kier molecular flexibility index (Phi) is 4.65. The first-order valence-electron chi connectivity index (χ1n) is 11.0. The summed E-state index contributed by atoms with van der Waals surface area (Å²) in [6, 6.07) is 10.3. The minimum absolute atomic E-state index is 0.266. The highest BCUT2D eigenvalue weighted by molar-refractivity contribution is 6.24. The fourth-order valence-corrected chi connectivity index (χ4v) is 5.19.